The number of carbonyl (C=O) groups is 1. The van der Waals surface area contributed by atoms with Gasteiger partial charge in [0.2, 0.25) is 0 Å². The topological polar surface area (TPSA) is 75.3 Å². The van der Waals surface area contributed by atoms with Crippen molar-refractivity contribution >= 4 is 16.1 Å². The molecule has 0 atom stereocenters. The van der Waals surface area contributed by atoms with Crippen molar-refractivity contribution in [1.82, 2.24) is 10.1 Å². The van der Waals surface area contributed by atoms with Crippen LogP contribution in [0.1, 0.15) is 31.2 Å². The average molecular weight is 326 g/mol. The lowest BCUT2D eigenvalue weighted by Gasteiger charge is -2.32. The Morgan fingerprint density at radius 2 is 1.59 bits per heavy atom. The molecule has 22 heavy (non-hydrogen) atoms. The fraction of sp³-hybridized carbons (Fsp3) is 0.533. The molecule has 0 bridgehead atoms. The molecule has 122 valence electrons. The van der Waals surface area contributed by atoms with Gasteiger partial charge in [-0.3, -0.25) is 0 Å². The van der Waals surface area contributed by atoms with Gasteiger partial charge in [-0.2, -0.15) is 5.43 Å². The summed E-state index contributed by atoms with van der Waals surface area (Å²) in [6, 6.07) is 5.72. The Kier molecular flexibility index (Phi) is 5.08. The zero-order valence-electron chi connectivity index (χ0n) is 13.1. The lowest BCUT2D eigenvalue weighted by atomic mass is 10.2. The van der Waals surface area contributed by atoms with E-state index in [4.69, 9.17) is 0 Å². The van der Waals surface area contributed by atoms with Gasteiger partial charge >= 0.3 is 6.03 Å². The van der Waals surface area contributed by atoms with Crippen molar-refractivity contribution in [2.45, 2.75) is 37.5 Å². The first-order valence-corrected chi connectivity index (χ1v) is 9.05. The molecule has 1 aromatic rings. The van der Waals surface area contributed by atoms with E-state index in [0.29, 0.717) is 4.59 Å². The predicted molar refractivity (Wildman–Crippen MR) is 84.4 cm³/mol. The van der Waals surface area contributed by atoms with Crippen molar-refractivity contribution in [3.8, 4) is 0 Å². The first-order chi connectivity index (χ1) is 10.3. The maximum Gasteiger partial charge on any atom is 0.372 e. The van der Waals surface area contributed by atoms with Gasteiger partial charge in [0.1, 0.15) is 13.1 Å². The third-order valence-electron chi connectivity index (χ3n) is 3.98. The van der Waals surface area contributed by atoms with Crippen LogP contribution in [0.3, 0.4) is 0 Å². The lowest BCUT2D eigenvalue weighted by Crippen LogP contribution is -2.60. The second-order valence-electron chi connectivity index (χ2n) is 6.12. The van der Waals surface area contributed by atoms with Gasteiger partial charge in [0.05, 0.1) is 11.9 Å². The lowest BCUT2D eigenvalue weighted by molar-refractivity contribution is -0.942. The second-order valence-corrected chi connectivity index (χ2v) is 7.80. The van der Waals surface area contributed by atoms with Gasteiger partial charge in [0, 0.05) is 0 Å². The van der Waals surface area contributed by atoms with Crippen molar-refractivity contribution in [2.75, 3.05) is 20.1 Å². The van der Waals surface area contributed by atoms with Crippen LogP contribution in [0.4, 0.5) is 4.79 Å². The van der Waals surface area contributed by atoms with Gasteiger partial charge in [-0.1, -0.05) is 17.7 Å². The minimum absolute atomic E-state index is 0.0896. The molecule has 1 heterocycles. The van der Waals surface area contributed by atoms with E-state index in [2.05, 4.69) is 10.1 Å². The molecule has 1 aliphatic heterocycles. The molecule has 7 heteroatoms. The summed E-state index contributed by atoms with van der Waals surface area (Å²) in [4.78, 5) is 12.2. The van der Waals surface area contributed by atoms with E-state index in [1.165, 1.54) is 12.1 Å². The Labute approximate surface area is 132 Å². The summed E-state index contributed by atoms with van der Waals surface area (Å²) in [5.41, 5.74) is 3.74. The smallest absolute Gasteiger partial charge is 0.243 e. The molecular formula is C15H24N3O3S+. The molecule has 0 radical (unpaired) electrons. The zero-order chi connectivity index (χ0) is 16.2. The second kappa shape index (κ2) is 6.66. The number of hydrogen-bond donors (Lipinski definition) is 2. The van der Waals surface area contributed by atoms with E-state index in [1.54, 1.807) is 12.1 Å². The molecule has 0 saturated carbocycles. The Hall–Kier alpha value is -1.60. The highest BCUT2D eigenvalue weighted by molar-refractivity contribution is 7.90. The minimum Gasteiger partial charge on any atom is -0.243 e. The summed E-state index contributed by atoms with van der Waals surface area (Å²) in [6.45, 7) is 3.51. The molecule has 1 saturated heterocycles. The van der Waals surface area contributed by atoms with E-state index in [9.17, 15) is 13.2 Å². The number of carbonyl (C=O) groups excluding carboxylic acids is 1. The molecule has 1 aromatic carbocycles. The highest BCUT2D eigenvalue weighted by atomic mass is 32.2. The van der Waals surface area contributed by atoms with Crippen molar-refractivity contribution in [3.63, 3.8) is 0 Å². The van der Waals surface area contributed by atoms with Crippen LogP contribution < -0.4 is 10.1 Å². The van der Waals surface area contributed by atoms with Crippen molar-refractivity contribution in [2.24, 2.45) is 0 Å². The molecule has 6 nitrogen and oxygen atoms in total. The summed E-state index contributed by atoms with van der Waals surface area (Å²) < 4.78 is 26.8. The average Bonchev–Trinajstić information content (AvgIpc) is 2.63. The van der Waals surface area contributed by atoms with E-state index in [1.807, 2.05) is 14.0 Å². The van der Waals surface area contributed by atoms with Crippen LogP contribution in [0.25, 0.3) is 0 Å². The van der Waals surface area contributed by atoms with Crippen LogP contribution in [0.2, 0.25) is 0 Å². The highest BCUT2D eigenvalue weighted by Gasteiger charge is 2.28. The SMILES string of the molecule is Cc1ccc(S(=O)(=O)NC(=O)N[N+]2(C)CCCCCC2)cc1. The van der Waals surface area contributed by atoms with Crippen LogP contribution in [-0.2, 0) is 10.0 Å². The van der Waals surface area contributed by atoms with Crippen LogP contribution in [0, 0.1) is 6.92 Å². The number of rotatable bonds is 3. The zero-order valence-corrected chi connectivity index (χ0v) is 13.9. The molecule has 2 amide bonds. The predicted octanol–water partition coefficient (Wildman–Crippen LogP) is 1.92. The molecule has 2 rings (SSSR count). The molecule has 0 spiro atoms. The van der Waals surface area contributed by atoms with Crippen LogP contribution in [0.15, 0.2) is 29.2 Å². The number of urea groups is 1. The van der Waals surface area contributed by atoms with Gasteiger partial charge in [0.15, 0.2) is 0 Å². The summed E-state index contributed by atoms with van der Waals surface area (Å²) in [7, 11) is -1.91. The number of benzene rings is 1. The molecule has 1 aliphatic rings. The molecular weight excluding hydrogens is 302 g/mol. The number of likely N-dealkylation sites (tertiary alicyclic amines) is 1. The third kappa shape index (κ3) is 4.45. The Morgan fingerprint density at radius 1 is 1.05 bits per heavy atom. The maximum atomic E-state index is 12.2. The number of quaternary nitrogens is 1. The molecule has 1 fully saturated rings. The summed E-state index contributed by atoms with van der Waals surface area (Å²) in [6.07, 6.45) is 4.36. The third-order valence-corrected chi connectivity index (χ3v) is 5.33. The normalized spacial score (nSPS) is 18.3. The van der Waals surface area contributed by atoms with Gasteiger partial charge in [-0.15, -0.1) is 0 Å². The van der Waals surface area contributed by atoms with Crippen LogP contribution in [0.5, 0.6) is 0 Å². The summed E-state index contributed by atoms with van der Waals surface area (Å²) >= 11 is 0. The quantitative estimate of drug-likeness (QED) is 0.833. The summed E-state index contributed by atoms with van der Waals surface area (Å²) in [5, 5.41) is 0. The van der Waals surface area contributed by atoms with Gasteiger partial charge in [0.25, 0.3) is 10.0 Å². The van der Waals surface area contributed by atoms with Crippen molar-refractivity contribution in [3.05, 3.63) is 29.8 Å². The van der Waals surface area contributed by atoms with E-state index >= 15 is 0 Å². The molecule has 0 unspecified atom stereocenters. The van der Waals surface area contributed by atoms with Crippen LogP contribution in [-0.4, -0.2) is 39.2 Å². The number of nitrogens with zero attached hydrogens (tertiary/aromatic N) is 1. The highest BCUT2D eigenvalue weighted by Crippen LogP contribution is 2.14. The minimum atomic E-state index is -3.83. The van der Waals surface area contributed by atoms with E-state index in [-0.39, 0.29) is 4.90 Å². The van der Waals surface area contributed by atoms with Crippen molar-refractivity contribution < 1.29 is 17.8 Å². The number of sulfonamides is 1. The number of amides is 2. The van der Waals surface area contributed by atoms with Gasteiger partial charge in [-0.25, -0.2) is 22.5 Å². The number of hydrogen-bond acceptors (Lipinski definition) is 3. The first kappa shape index (κ1) is 16.8. The number of nitrogens with one attached hydrogen (secondary N) is 2. The Bertz CT molecular complexity index is 618. The van der Waals surface area contributed by atoms with Gasteiger partial charge in [-0.05, 0) is 44.7 Å². The Balaban J connectivity index is 2.02. The van der Waals surface area contributed by atoms with Gasteiger partial charge < -0.3 is 0 Å². The number of aryl methyl sites for hydroxylation is 1. The van der Waals surface area contributed by atoms with Crippen LogP contribution >= 0.6 is 0 Å². The maximum absolute atomic E-state index is 12.2. The molecule has 0 aliphatic carbocycles. The fourth-order valence-electron chi connectivity index (χ4n) is 2.67. The first-order valence-electron chi connectivity index (χ1n) is 7.57. The monoisotopic (exact) mass is 326 g/mol. The summed E-state index contributed by atoms with van der Waals surface area (Å²) in [5.74, 6) is 0. The fourth-order valence-corrected chi connectivity index (χ4v) is 3.57. The van der Waals surface area contributed by atoms with E-state index < -0.39 is 16.1 Å². The molecule has 0 aromatic heterocycles. The Morgan fingerprint density at radius 3 is 2.14 bits per heavy atom. The van der Waals surface area contributed by atoms with Crippen molar-refractivity contribution in [1.29, 1.82) is 0 Å². The molecule has 2 N–H and O–H groups in total. The standard InChI is InChI=1S/C15H23N3O3S/c1-13-7-9-14(10-8-13)22(20,21)17-15(19)16-18(2)11-5-3-4-6-12-18/h7-10H,3-6,11-12H2,1-2H3,(H-,16,17,19)/p+1. The largest absolute Gasteiger partial charge is 0.372 e. The van der Waals surface area contributed by atoms with E-state index in [0.717, 1.165) is 44.3 Å².